The normalized spacial score (nSPS) is 18.0. The summed E-state index contributed by atoms with van der Waals surface area (Å²) in [6.45, 7) is 1.64. The van der Waals surface area contributed by atoms with Gasteiger partial charge in [0.1, 0.15) is 5.75 Å². The molecule has 34 heavy (non-hydrogen) atoms. The van der Waals surface area contributed by atoms with Crippen LogP contribution in [0.5, 0.6) is 5.75 Å². The molecular formula is C27H27N3O3S. The van der Waals surface area contributed by atoms with Crippen LogP contribution < -0.4 is 4.74 Å². The van der Waals surface area contributed by atoms with E-state index in [0.717, 1.165) is 42.8 Å². The summed E-state index contributed by atoms with van der Waals surface area (Å²) < 4.78 is 5.87. The number of piperidine rings is 1. The number of carbonyl (C=O) groups excluding carboxylic acids is 2. The van der Waals surface area contributed by atoms with Gasteiger partial charge in [-0.25, -0.2) is 5.01 Å². The lowest BCUT2D eigenvalue weighted by atomic mass is 9.98. The minimum Gasteiger partial charge on any atom is -0.484 e. The summed E-state index contributed by atoms with van der Waals surface area (Å²) in [5.41, 5.74) is 2.82. The highest BCUT2D eigenvalue weighted by molar-refractivity contribution is 7.12. The fourth-order valence-electron chi connectivity index (χ4n) is 4.47. The van der Waals surface area contributed by atoms with E-state index in [1.807, 2.05) is 77.0 Å². The Hall–Kier alpha value is -3.45. The average Bonchev–Trinajstić information content (AvgIpc) is 3.59. The monoisotopic (exact) mass is 473 g/mol. The minimum absolute atomic E-state index is 0.0233. The largest absolute Gasteiger partial charge is 0.484 e. The maximum Gasteiger partial charge on any atom is 0.284 e. The Morgan fingerprint density at radius 3 is 2.56 bits per heavy atom. The van der Waals surface area contributed by atoms with Crippen molar-refractivity contribution in [3.05, 3.63) is 88.1 Å². The molecule has 7 heteroatoms. The number of hydrazone groups is 1. The van der Waals surface area contributed by atoms with Crippen molar-refractivity contribution in [1.82, 2.24) is 9.91 Å². The molecule has 0 bridgehead atoms. The van der Waals surface area contributed by atoms with Crippen LogP contribution in [0.1, 0.15) is 52.5 Å². The molecule has 2 aromatic carbocycles. The lowest BCUT2D eigenvalue weighted by molar-refractivity contribution is -0.134. The standard InChI is InChI=1S/C27H27N3O3S/c31-26(29-14-5-2-6-15-29)19-33-22-12-7-11-21(17-22)24-18-23(20-9-3-1-4-10-20)28-30(24)27(32)25-13-8-16-34-25/h1,3-4,7-13,16-17,24H,2,5-6,14-15,18-19H2. The molecule has 0 aliphatic carbocycles. The fraction of sp³-hybridized carbons (Fsp3) is 0.296. The summed E-state index contributed by atoms with van der Waals surface area (Å²) >= 11 is 1.41. The van der Waals surface area contributed by atoms with Gasteiger partial charge in [-0.1, -0.05) is 48.5 Å². The van der Waals surface area contributed by atoms with Gasteiger partial charge in [0.05, 0.1) is 16.6 Å². The molecule has 6 nitrogen and oxygen atoms in total. The van der Waals surface area contributed by atoms with Gasteiger partial charge in [0.15, 0.2) is 6.61 Å². The Morgan fingerprint density at radius 2 is 1.79 bits per heavy atom. The van der Waals surface area contributed by atoms with E-state index in [-0.39, 0.29) is 24.5 Å². The van der Waals surface area contributed by atoms with Crippen molar-refractivity contribution in [3.63, 3.8) is 0 Å². The van der Waals surface area contributed by atoms with Crippen LogP contribution in [0.25, 0.3) is 0 Å². The molecule has 2 aliphatic rings. The Morgan fingerprint density at radius 1 is 0.971 bits per heavy atom. The van der Waals surface area contributed by atoms with Crippen molar-refractivity contribution in [1.29, 1.82) is 0 Å². The highest BCUT2D eigenvalue weighted by Crippen LogP contribution is 2.35. The quantitative estimate of drug-likeness (QED) is 0.499. The third-order valence-electron chi connectivity index (χ3n) is 6.27. The van der Waals surface area contributed by atoms with Crippen LogP contribution in [0.15, 0.2) is 77.2 Å². The predicted molar refractivity (Wildman–Crippen MR) is 133 cm³/mol. The number of carbonyl (C=O) groups is 2. The SMILES string of the molecule is O=C(COc1cccc(C2CC(c3ccccc3)=NN2C(=O)c2cccs2)c1)N1CCCCC1. The molecule has 0 radical (unpaired) electrons. The molecule has 174 valence electrons. The van der Waals surface area contributed by atoms with E-state index < -0.39 is 0 Å². The minimum atomic E-state index is -0.244. The molecule has 1 saturated heterocycles. The van der Waals surface area contributed by atoms with Gasteiger partial charge in [0, 0.05) is 19.5 Å². The lowest BCUT2D eigenvalue weighted by Gasteiger charge is -2.26. The molecule has 0 saturated carbocycles. The van der Waals surface area contributed by atoms with Gasteiger partial charge in [-0.2, -0.15) is 5.10 Å². The zero-order chi connectivity index (χ0) is 23.3. The number of nitrogens with zero attached hydrogens (tertiary/aromatic N) is 3. The smallest absolute Gasteiger partial charge is 0.284 e. The molecule has 3 heterocycles. The first-order chi connectivity index (χ1) is 16.7. The van der Waals surface area contributed by atoms with Gasteiger partial charge in [-0.15, -0.1) is 11.3 Å². The van der Waals surface area contributed by atoms with Crippen molar-refractivity contribution < 1.29 is 14.3 Å². The maximum atomic E-state index is 13.3. The van der Waals surface area contributed by atoms with Crippen LogP contribution in [0.3, 0.4) is 0 Å². The molecule has 1 atom stereocenters. The zero-order valence-corrected chi connectivity index (χ0v) is 19.7. The van der Waals surface area contributed by atoms with Crippen molar-refractivity contribution in [2.24, 2.45) is 5.10 Å². The van der Waals surface area contributed by atoms with Gasteiger partial charge in [0.25, 0.3) is 11.8 Å². The van der Waals surface area contributed by atoms with Gasteiger partial charge in [-0.05, 0) is 54.0 Å². The summed E-state index contributed by atoms with van der Waals surface area (Å²) in [6.07, 6.45) is 3.90. The Balaban J connectivity index is 1.35. The highest BCUT2D eigenvalue weighted by Gasteiger charge is 2.34. The third-order valence-corrected chi connectivity index (χ3v) is 7.13. The molecule has 2 amide bonds. The molecule has 5 rings (SSSR count). The number of rotatable bonds is 6. The summed E-state index contributed by atoms with van der Waals surface area (Å²) in [5, 5.41) is 8.23. The van der Waals surface area contributed by atoms with E-state index in [1.54, 1.807) is 5.01 Å². The average molecular weight is 474 g/mol. The first kappa shape index (κ1) is 22.3. The van der Waals surface area contributed by atoms with Crippen molar-refractivity contribution in [3.8, 4) is 5.75 Å². The summed E-state index contributed by atoms with van der Waals surface area (Å²) in [5.74, 6) is 0.534. The van der Waals surface area contributed by atoms with Crippen LogP contribution in [-0.4, -0.2) is 47.1 Å². The van der Waals surface area contributed by atoms with E-state index in [4.69, 9.17) is 9.84 Å². The van der Waals surface area contributed by atoms with E-state index in [9.17, 15) is 9.59 Å². The van der Waals surface area contributed by atoms with Crippen LogP contribution in [0, 0.1) is 0 Å². The number of thiophene rings is 1. The predicted octanol–water partition coefficient (Wildman–Crippen LogP) is 5.13. The first-order valence-corrected chi connectivity index (χ1v) is 12.6. The Labute approximate surface area is 203 Å². The second kappa shape index (κ2) is 10.2. The summed E-state index contributed by atoms with van der Waals surface area (Å²) in [6, 6.07) is 21.1. The zero-order valence-electron chi connectivity index (χ0n) is 18.9. The van der Waals surface area contributed by atoms with Crippen LogP contribution >= 0.6 is 11.3 Å². The third kappa shape index (κ3) is 4.89. The molecule has 2 aliphatic heterocycles. The molecular weight excluding hydrogens is 446 g/mol. The van der Waals surface area contributed by atoms with Gasteiger partial charge in [0.2, 0.25) is 0 Å². The van der Waals surface area contributed by atoms with E-state index in [2.05, 4.69) is 0 Å². The molecule has 1 aromatic heterocycles. The van der Waals surface area contributed by atoms with Crippen LogP contribution in [0.4, 0.5) is 0 Å². The molecule has 0 spiro atoms. The molecule has 1 unspecified atom stereocenters. The van der Waals surface area contributed by atoms with E-state index >= 15 is 0 Å². The Kier molecular flexibility index (Phi) is 6.72. The van der Waals surface area contributed by atoms with Crippen LogP contribution in [-0.2, 0) is 4.79 Å². The van der Waals surface area contributed by atoms with Gasteiger partial charge < -0.3 is 9.64 Å². The maximum absolute atomic E-state index is 13.3. The second-order valence-corrected chi connectivity index (χ2v) is 9.51. The number of hydrogen-bond acceptors (Lipinski definition) is 5. The number of hydrogen-bond donors (Lipinski definition) is 0. The lowest BCUT2D eigenvalue weighted by Crippen LogP contribution is -2.38. The number of amides is 2. The molecule has 1 fully saturated rings. The van der Waals surface area contributed by atoms with E-state index in [0.29, 0.717) is 17.0 Å². The van der Waals surface area contributed by atoms with Crippen molar-refractivity contribution in [2.45, 2.75) is 31.7 Å². The van der Waals surface area contributed by atoms with Crippen LogP contribution in [0.2, 0.25) is 0 Å². The Bertz CT molecular complexity index is 1170. The van der Waals surface area contributed by atoms with Crippen molar-refractivity contribution >= 4 is 28.9 Å². The van der Waals surface area contributed by atoms with Crippen molar-refractivity contribution in [2.75, 3.05) is 19.7 Å². The fourth-order valence-corrected chi connectivity index (χ4v) is 5.12. The highest BCUT2D eigenvalue weighted by atomic mass is 32.1. The second-order valence-electron chi connectivity index (χ2n) is 8.56. The number of benzene rings is 2. The van der Waals surface area contributed by atoms with Gasteiger partial charge in [-0.3, -0.25) is 9.59 Å². The topological polar surface area (TPSA) is 62.2 Å². The summed E-state index contributed by atoms with van der Waals surface area (Å²) in [7, 11) is 0. The van der Waals surface area contributed by atoms with Gasteiger partial charge >= 0.3 is 0 Å². The number of likely N-dealkylation sites (tertiary alicyclic amines) is 1. The summed E-state index contributed by atoms with van der Waals surface area (Å²) in [4.78, 5) is 28.3. The first-order valence-electron chi connectivity index (χ1n) is 11.7. The molecule has 3 aromatic rings. The van der Waals surface area contributed by atoms with E-state index in [1.165, 1.54) is 17.8 Å². The molecule has 0 N–H and O–H groups in total. The number of ether oxygens (including phenoxy) is 1.